The predicted octanol–water partition coefficient (Wildman–Crippen LogP) is -0.0334. The van der Waals surface area contributed by atoms with Crippen molar-refractivity contribution in [3.63, 3.8) is 0 Å². The smallest absolute Gasteiger partial charge is 0.252 e. The number of carbonyl (C=O) groups excluding carboxylic acids is 6. The SMILES string of the molecule is CC.CC.CC(=O)N(CC(O)CN(C(C)=O)c1c(C)c(C(=O)NCCO)c(C)c(C(=O)NCC(O)CO)c1C)c1c(C)c(C(=O)NCCO)c(C)c(C(=O)NCC(O)CO)c1C. The van der Waals surface area contributed by atoms with E-state index in [9.17, 15) is 64.5 Å². The molecule has 2 unspecified atom stereocenters. The van der Waals surface area contributed by atoms with Gasteiger partial charge in [-0.1, -0.05) is 27.7 Å². The third kappa shape index (κ3) is 14.5. The molecular weight excluding hydrogens is 809 g/mol. The average Bonchev–Trinajstić information content (AvgIpc) is 3.23. The van der Waals surface area contributed by atoms with Gasteiger partial charge in [-0.3, -0.25) is 28.8 Å². The molecule has 0 aliphatic carbocycles. The molecule has 350 valence electrons. The third-order valence-electron chi connectivity index (χ3n) is 9.63. The number of aliphatic hydroxyl groups excluding tert-OH is 7. The Morgan fingerprint density at radius 2 is 0.710 bits per heavy atom. The number of anilines is 2. The summed E-state index contributed by atoms with van der Waals surface area (Å²) in [6, 6.07) is 0. The van der Waals surface area contributed by atoms with Gasteiger partial charge in [-0.15, -0.1) is 0 Å². The molecule has 0 aliphatic rings. The number of nitrogens with one attached hydrogen (secondary N) is 4. The molecule has 2 rings (SSSR count). The van der Waals surface area contributed by atoms with Crippen molar-refractivity contribution in [2.75, 3.05) is 75.5 Å². The summed E-state index contributed by atoms with van der Waals surface area (Å²) < 4.78 is 0. The summed E-state index contributed by atoms with van der Waals surface area (Å²) in [5.74, 6) is -4.06. The lowest BCUT2D eigenvalue weighted by Crippen LogP contribution is -2.45. The first-order valence-corrected chi connectivity index (χ1v) is 20.7. The number of amides is 6. The van der Waals surface area contributed by atoms with Gasteiger partial charge >= 0.3 is 0 Å². The molecule has 0 heterocycles. The van der Waals surface area contributed by atoms with Gasteiger partial charge in [0.05, 0.1) is 69.2 Å². The van der Waals surface area contributed by atoms with Gasteiger partial charge in [0, 0.05) is 62.3 Å². The van der Waals surface area contributed by atoms with E-state index in [0.717, 1.165) is 9.80 Å². The van der Waals surface area contributed by atoms with E-state index >= 15 is 0 Å². The Bertz CT molecular complexity index is 1740. The average molecular weight is 879 g/mol. The van der Waals surface area contributed by atoms with Crippen LogP contribution >= 0.6 is 0 Å². The van der Waals surface area contributed by atoms with Crippen molar-refractivity contribution in [3.8, 4) is 0 Å². The van der Waals surface area contributed by atoms with Crippen molar-refractivity contribution in [2.24, 2.45) is 0 Å². The Morgan fingerprint density at radius 3 is 0.935 bits per heavy atom. The molecule has 2 aromatic carbocycles. The van der Waals surface area contributed by atoms with E-state index in [1.165, 1.54) is 41.5 Å². The van der Waals surface area contributed by atoms with Crippen LogP contribution in [0.15, 0.2) is 0 Å². The second-order valence-electron chi connectivity index (χ2n) is 13.9. The third-order valence-corrected chi connectivity index (χ3v) is 9.63. The topological polar surface area (TPSA) is 299 Å². The van der Waals surface area contributed by atoms with Crippen LogP contribution in [0.5, 0.6) is 0 Å². The molecule has 0 spiro atoms. The van der Waals surface area contributed by atoms with Gasteiger partial charge in [-0.2, -0.15) is 0 Å². The number of hydrogen-bond acceptors (Lipinski definition) is 13. The zero-order valence-electron chi connectivity index (χ0n) is 38.3. The Hall–Kier alpha value is -5.02. The summed E-state index contributed by atoms with van der Waals surface area (Å²) in [5, 5.41) is 78.8. The first-order valence-electron chi connectivity index (χ1n) is 20.7. The molecule has 0 aliphatic heterocycles. The number of hydrogen-bond donors (Lipinski definition) is 11. The van der Waals surface area contributed by atoms with Gasteiger partial charge in [0.25, 0.3) is 23.6 Å². The quantitative estimate of drug-likeness (QED) is 0.0834. The summed E-state index contributed by atoms with van der Waals surface area (Å²) >= 11 is 0. The fourth-order valence-electron chi connectivity index (χ4n) is 7.06. The highest BCUT2D eigenvalue weighted by Crippen LogP contribution is 2.37. The molecule has 6 amide bonds. The van der Waals surface area contributed by atoms with Crippen LogP contribution in [0, 0.1) is 41.5 Å². The first kappa shape index (κ1) is 57.0. The first-order chi connectivity index (χ1) is 29.2. The molecule has 62 heavy (non-hydrogen) atoms. The largest absolute Gasteiger partial charge is 0.395 e. The lowest BCUT2D eigenvalue weighted by atomic mass is 9.89. The molecule has 11 N–H and O–H groups in total. The Morgan fingerprint density at radius 1 is 0.452 bits per heavy atom. The predicted molar refractivity (Wildman–Crippen MR) is 236 cm³/mol. The Labute approximate surface area is 364 Å². The molecule has 0 aromatic heterocycles. The van der Waals surface area contributed by atoms with Crippen molar-refractivity contribution in [3.05, 3.63) is 55.6 Å². The molecule has 0 saturated heterocycles. The lowest BCUT2D eigenvalue weighted by molar-refractivity contribution is -0.117. The van der Waals surface area contributed by atoms with Crippen molar-refractivity contribution in [1.29, 1.82) is 0 Å². The maximum Gasteiger partial charge on any atom is 0.252 e. The van der Waals surface area contributed by atoms with Crippen LogP contribution in [0.4, 0.5) is 11.4 Å². The van der Waals surface area contributed by atoms with Crippen LogP contribution < -0.4 is 31.1 Å². The molecular formula is C43H70N6O13. The standard InChI is InChI=1S/C39H58N6O13.2C2H6/c1-19-30(36(55)40-9-11-46)21(3)34(23(5)32(19)38(57)42-13-27(52)17-48)44(25(7)50)15-29(54)16-45(26(8)51)35-22(4)31(37(56)41-10-12-47)20(2)33(24(35)6)39(58)43-14-28(53)18-49;2*1-2/h27-29,46-49,52-54H,9-18H2,1-8H3,(H,40,55)(H,41,56)(H,42,57)(H,43,58);2*1-2H3. The second-order valence-corrected chi connectivity index (χ2v) is 13.9. The Kier molecular flexibility index (Phi) is 25.6. The maximum atomic E-state index is 13.6. The summed E-state index contributed by atoms with van der Waals surface area (Å²) in [6.45, 7) is 15.6. The van der Waals surface area contributed by atoms with Crippen LogP contribution in [-0.4, -0.2) is 155 Å². The van der Waals surface area contributed by atoms with E-state index in [0.29, 0.717) is 0 Å². The van der Waals surface area contributed by atoms with Crippen molar-refractivity contribution >= 4 is 46.8 Å². The molecule has 0 bridgehead atoms. The van der Waals surface area contributed by atoms with E-state index in [-0.39, 0.29) is 106 Å². The van der Waals surface area contributed by atoms with Gasteiger partial charge in [-0.05, 0) is 74.9 Å². The normalized spacial score (nSPS) is 12.0. The summed E-state index contributed by atoms with van der Waals surface area (Å²) in [6.07, 6.45) is -4.11. The second kappa shape index (κ2) is 27.8. The lowest BCUT2D eigenvalue weighted by Gasteiger charge is -2.33. The molecule has 19 heteroatoms. The van der Waals surface area contributed by atoms with Crippen molar-refractivity contribution in [1.82, 2.24) is 21.3 Å². The van der Waals surface area contributed by atoms with Crippen molar-refractivity contribution in [2.45, 2.75) is 101 Å². The van der Waals surface area contributed by atoms with Gasteiger partial charge in [-0.25, -0.2) is 0 Å². The monoisotopic (exact) mass is 879 g/mol. The number of carbonyl (C=O) groups is 6. The number of rotatable bonds is 20. The number of benzene rings is 2. The van der Waals surface area contributed by atoms with Gasteiger partial charge in [0.2, 0.25) is 11.8 Å². The highest BCUT2D eigenvalue weighted by atomic mass is 16.3. The zero-order valence-corrected chi connectivity index (χ0v) is 38.3. The highest BCUT2D eigenvalue weighted by molar-refractivity contribution is 6.09. The molecule has 0 saturated carbocycles. The van der Waals surface area contributed by atoms with Gasteiger partial charge in [0.15, 0.2) is 0 Å². The minimum atomic E-state index is -1.54. The fourth-order valence-corrected chi connectivity index (χ4v) is 7.06. The van der Waals surface area contributed by atoms with Crippen LogP contribution in [0.25, 0.3) is 0 Å². The van der Waals surface area contributed by atoms with Crippen LogP contribution in [0.2, 0.25) is 0 Å². The molecule has 19 nitrogen and oxygen atoms in total. The van der Waals surface area contributed by atoms with Crippen LogP contribution in [0.1, 0.15) is 116 Å². The van der Waals surface area contributed by atoms with E-state index in [2.05, 4.69) is 21.3 Å². The number of aliphatic hydroxyl groups is 7. The fraction of sp³-hybridized carbons (Fsp3) is 0.581. The van der Waals surface area contributed by atoms with E-state index in [1.54, 1.807) is 13.8 Å². The molecule has 2 aromatic rings. The Balaban J connectivity index is 0.00000902. The zero-order chi connectivity index (χ0) is 48.2. The summed E-state index contributed by atoms with van der Waals surface area (Å²) in [5.41, 5.74) is 1.49. The molecule has 2 atom stereocenters. The van der Waals surface area contributed by atoms with E-state index in [4.69, 9.17) is 0 Å². The van der Waals surface area contributed by atoms with Gasteiger partial charge < -0.3 is 66.8 Å². The minimum Gasteiger partial charge on any atom is -0.395 e. The molecule has 0 radical (unpaired) electrons. The van der Waals surface area contributed by atoms with Crippen LogP contribution in [0.3, 0.4) is 0 Å². The van der Waals surface area contributed by atoms with Crippen LogP contribution in [-0.2, 0) is 9.59 Å². The maximum absolute atomic E-state index is 13.6. The summed E-state index contributed by atoms with van der Waals surface area (Å²) in [4.78, 5) is 83.2. The van der Waals surface area contributed by atoms with E-state index in [1.807, 2.05) is 27.7 Å². The van der Waals surface area contributed by atoms with E-state index < -0.39 is 80.1 Å². The van der Waals surface area contributed by atoms with Crippen molar-refractivity contribution < 1.29 is 64.5 Å². The number of nitrogens with zero attached hydrogens (tertiary/aromatic N) is 2. The minimum absolute atomic E-state index is 0.00299. The molecule has 0 fully saturated rings. The highest BCUT2D eigenvalue weighted by Gasteiger charge is 2.33. The van der Waals surface area contributed by atoms with Gasteiger partial charge in [0.1, 0.15) is 0 Å². The summed E-state index contributed by atoms with van der Waals surface area (Å²) in [7, 11) is 0.